The maximum Gasteiger partial charge on any atom is 0.242 e. The van der Waals surface area contributed by atoms with Gasteiger partial charge in [-0.2, -0.15) is 0 Å². The Hall–Kier alpha value is -6.38. The van der Waals surface area contributed by atoms with Crippen LogP contribution in [-0.2, 0) is 5.41 Å². The van der Waals surface area contributed by atoms with Gasteiger partial charge in [0.1, 0.15) is 0 Å². The fraction of sp³-hybridized carbons (Fsp3) is 0.111. The van der Waals surface area contributed by atoms with Crippen LogP contribution in [0.5, 0.6) is 0 Å². The zero-order valence-electron chi connectivity index (χ0n) is 32.9. The van der Waals surface area contributed by atoms with Crippen molar-refractivity contribution in [1.82, 2.24) is 0 Å². The monoisotopic (exact) mass is 719 g/mol. The highest BCUT2D eigenvalue weighted by Crippen LogP contribution is 2.59. The summed E-state index contributed by atoms with van der Waals surface area (Å²) >= 11 is 0. The molecule has 0 unspecified atom stereocenters. The summed E-state index contributed by atoms with van der Waals surface area (Å²) in [5.74, 6) is 0. The Morgan fingerprint density at radius 3 is 1.27 bits per heavy atom. The number of nitrogens with zero attached hydrogens (tertiary/aromatic N) is 1. The Bertz CT molecular complexity index is 2530. The smallest absolute Gasteiger partial charge is 0.242 e. The zero-order chi connectivity index (χ0) is 38.4. The largest absolute Gasteiger partial charge is 0.310 e. The molecule has 0 aliphatic carbocycles. The molecule has 2 aliphatic heterocycles. The lowest BCUT2D eigenvalue weighted by Gasteiger charge is -2.51. The van der Waals surface area contributed by atoms with E-state index in [1.807, 2.05) is 13.8 Å². The normalized spacial score (nSPS) is 13.2. The van der Waals surface area contributed by atoms with Gasteiger partial charge in [0.15, 0.2) is 0 Å². The lowest BCUT2D eigenvalue weighted by Crippen LogP contribution is -2.63. The molecule has 8 aromatic rings. The van der Waals surface area contributed by atoms with Crippen molar-refractivity contribution in [2.45, 2.75) is 40.0 Å². The molecule has 0 atom stereocenters. The fourth-order valence-corrected chi connectivity index (χ4v) is 9.84. The topological polar surface area (TPSA) is 3.24 Å². The highest BCUT2D eigenvalue weighted by atomic mass is 15.2. The molecule has 0 saturated heterocycles. The third-order valence-electron chi connectivity index (χ3n) is 11.9. The number of benzene rings is 8. The molecule has 270 valence electrons. The lowest BCUT2D eigenvalue weighted by molar-refractivity contribution is 0.737. The van der Waals surface area contributed by atoms with Crippen molar-refractivity contribution in [3.8, 4) is 22.3 Å². The number of para-hydroxylation sites is 1. The van der Waals surface area contributed by atoms with Gasteiger partial charge in [-0.3, -0.25) is 0 Å². The van der Waals surface area contributed by atoms with Crippen LogP contribution >= 0.6 is 0 Å². The van der Waals surface area contributed by atoms with E-state index in [4.69, 9.17) is 0 Å². The summed E-state index contributed by atoms with van der Waals surface area (Å²) in [5, 5.41) is 0. The summed E-state index contributed by atoms with van der Waals surface area (Å²) in [4.78, 5) is 2.49. The summed E-state index contributed by atoms with van der Waals surface area (Å²) in [7, 11) is 0. The first-order valence-corrected chi connectivity index (χ1v) is 20.1. The van der Waals surface area contributed by atoms with Crippen LogP contribution in [-0.4, -0.2) is 6.71 Å². The molecule has 56 heavy (non-hydrogen) atoms. The molecule has 1 nitrogen and oxygen atoms in total. The van der Waals surface area contributed by atoms with Gasteiger partial charge in [-0.1, -0.05) is 199 Å². The average Bonchev–Trinajstić information content (AvgIpc) is 3.25. The van der Waals surface area contributed by atoms with Gasteiger partial charge in [0.05, 0.1) is 16.8 Å². The third-order valence-corrected chi connectivity index (χ3v) is 11.9. The van der Waals surface area contributed by atoms with E-state index in [0.29, 0.717) is 0 Å². The van der Waals surface area contributed by atoms with Crippen molar-refractivity contribution in [2.24, 2.45) is 0 Å². The van der Waals surface area contributed by atoms with Crippen molar-refractivity contribution in [3.05, 3.63) is 227 Å². The molecule has 0 aromatic heterocycles. The maximum absolute atomic E-state index is 2.50. The molecule has 0 radical (unpaired) electrons. The van der Waals surface area contributed by atoms with Gasteiger partial charge in [0.25, 0.3) is 0 Å². The van der Waals surface area contributed by atoms with E-state index in [1.54, 1.807) is 0 Å². The maximum atomic E-state index is 2.50. The van der Waals surface area contributed by atoms with E-state index in [-0.39, 0.29) is 6.71 Å². The number of aryl methyl sites for hydroxylation is 3. The molecule has 0 bridgehead atoms. The minimum absolute atomic E-state index is 0.0947. The third kappa shape index (κ3) is 5.47. The highest BCUT2D eigenvalue weighted by molar-refractivity contribution is 6.97. The van der Waals surface area contributed by atoms with Crippen molar-refractivity contribution >= 4 is 40.2 Å². The van der Waals surface area contributed by atoms with Crippen LogP contribution in [0.15, 0.2) is 188 Å². The van der Waals surface area contributed by atoms with Gasteiger partial charge in [0.2, 0.25) is 6.71 Å². The van der Waals surface area contributed by atoms with Crippen LogP contribution in [0.3, 0.4) is 0 Å². The van der Waals surface area contributed by atoms with Crippen LogP contribution in [0.1, 0.15) is 52.8 Å². The van der Waals surface area contributed by atoms with Crippen molar-refractivity contribution in [2.75, 3.05) is 4.90 Å². The van der Waals surface area contributed by atoms with Crippen LogP contribution in [0, 0.1) is 20.8 Å². The number of hydrogen-bond donors (Lipinski definition) is 0. The minimum Gasteiger partial charge on any atom is -0.310 e. The van der Waals surface area contributed by atoms with Crippen molar-refractivity contribution < 1.29 is 0 Å². The predicted octanol–water partition coefficient (Wildman–Crippen LogP) is 12.0. The van der Waals surface area contributed by atoms with Crippen LogP contribution in [0.25, 0.3) is 22.3 Å². The number of hydrogen-bond acceptors (Lipinski definition) is 1. The van der Waals surface area contributed by atoms with E-state index in [0.717, 1.165) is 5.69 Å². The number of rotatable bonds is 4. The molecule has 0 amide bonds. The number of anilines is 3. The quantitative estimate of drug-likeness (QED) is 0.164. The first kappa shape index (κ1) is 35.3. The highest BCUT2D eigenvalue weighted by Gasteiger charge is 2.53. The molecule has 10 rings (SSSR count). The van der Waals surface area contributed by atoms with Crippen LogP contribution in [0.2, 0.25) is 0 Å². The second kappa shape index (κ2) is 14.4. The number of fused-ring (bicyclic) bond motifs is 8. The minimum atomic E-state index is -0.609. The van der Waals surface area contributed by atoms with Gasteiger partial charge in [-0.05, 0) is 102 Å². The SMILES string of the molecule is CC.Cc1cc(C)c(B2c3ccccc3C3(c4ccccc42)c2cc(-c4ccccc4)ccc2N(c2ccccc2)c2ccc(-c4ccccc4)cc23)c(C)c1. The summed E-state index contributed by atoms with van der Waals surface area (Å²) < 4.78 is 0. The average molecular weight is 720 g/mol. The first-order valence-electron chi connectivity index (χ1n) is 20.1. The van der Waals surface area contributed by atoms with Crippen molar-refractivity contribution in [1.29, 1.82) is 0 Å². The first-order chi connectivity index (χ1) is 27.5. The summed E-state index contributed by atoms with van der Waals surface area (Å²) in [5.41, 5.74) is 21.2. The molecular formula is C54H46BN. The predicted molar refractivity (Wildman–Crippen MR) is 241 cm³/mol. The Morgan fingerprint density at radius 2 is 0.804 bits per heavy atom. The lowest BCUT2D eigenvalue weighted by atomic mass is 9.29. The van der Waals surface area contributed by atoms with E-state index in [2.05, 4.69) is 214 Å². The molecular weight excluding hydrogens is 673 g/mol. The standard InChI is InChI=1S/C52H40BN.C2H6/c1-35-31-36(2)51(37(3)32-35)53-47-25-15-13-23-43(47)52(44-24-14-16-26-48(44)53)45-33-40(38-17-7-4-8-18-38)27-29-49(45)54(42-21-11-6-12-22-42)50-30-28-41(34-46(50)52)39-19-9-5-10-20-39;1-2/h4-34H,1-3H3;1-2H3. The molecule has 8 aromatic carbocycles. The van der Waals surface area contributed by atoms with E-state index in [9.17, 15) is 0 Å². The zero-order valence-corrected chi connectivity index (χ0v) is 32.9. The fourth-order valence-electron chi connectivity index (χ4n) is 9.84. The van der Waals surface area contributed by atoms with Gasteiger partial charge in [0, 0.05) is 5.69 Å². The van der Waals surface area contributed by atoms with Crippen LogP contribution < -0.4 is 21.3 Å². The van der Waals surface area contributed by atoms with Gasteiger partial charge < -0.3 is 4.90 Å². The van der Waals surface area contributed by atoms with E-state index in [1.165, 1.54) is 89.0 Å². The van der Waals surface area contributed by atoms with Gasteiger partial charge in [-0.25, -0.2) is 0 Å². The van der Waals surface area contributed by atoms with E-state index < -0.39 is 5.41 Å². The molecule has 2 heterocycles. The summed E-state index contributed by atoms with van der Waals surface area (Å²) in [6.45, 7) is 10.9. The summed E-state index contributed by atoms with van der Waals surface area (Å²) in [6, 6.07) is 70.3. The Morgan fingerprint density at radius 1 is 0.393 bits per heavy atom. The Kier molecular flexibility index (Phi) is 9.06. The molecule has 2 heteroatoms. The Labute approximate surface area is 333 Å². The Balaban J connectivity index is 0.00000202. The molecule has 1 spiro atoms. The second-order valence-electron chi connectivity index (χ2n) is 15.0. The van der Waals surface area contributed by atoms with Crippen molar-refractivity contribution in [3.63, 3.8) is 0 Å². The van der Waals surface area contributed by atoms with Gasteiger partial charge >= 0.3 is 0 Å². The second-order valence-corrected chi connectivity index (χ2v) is 15.0. The summed E-state index contributed by atoms with van der Waals surface area (Å²) in [6.07, 6.45) is 0. The van der Waals surface area contributed by atoms with E-state index >= 15 is 0 Å². The van der Waals surface area contributed by atoms with Gasteiger partial charge in [-0.15, -0.1) is 0 Å². The molecule has 0 N–H and O–H groups in total. The van der Waals surface area contributed by atoms with Crippen LogP contribution in [0.4, 0.5) is 17.1 Å². The molecule has 0 fully saturated rings. The molecule has 2 aliphatic rings. The molecule has 0 saturated carbocycles.